The van der Waals surface area contributed by atoms with E-state index in [0.717, 1.165) is 17.7 Å². The quantitative estimate of drug-likeness (QED) is 0.221. The molecule has 0 saturated heterocycles. The number of halogens is 1. The summed E-state index contributed by atoms with van der Waals surface area (Å²) >= 11 is 0. The molecule has 0 aliphatic heterocycles. The topological polar surface area (TPSA) is 81.9 Å². The molecule has 2 N–H and O–H groups in total. The number of aromatic nitrogens is 2. The molecule has 0 aliphatic rings. The SMILES string of the molecule is CCNC(=NCc1ccccc1Cn1cccn1)NCc1c(OC)cc(OC)cc1OC.I. The molecule has 9 heteroatoms. The van der Waals surface area contributed by atoms with Crippen molar-refractivity contribution in [3.8, 4) is 17.2 Å². The maximum absolute atomic E-state index is 5.55. The molecule has 1 aromatic heterocycles. The highest BCUT2D eigenvalue weighted by Gasteiger charge is 2.14. The fourth-order valence-corrected chi connectivity index (χ4v) is 3.36. The molecule has 3 aromatic rings. The van der Waals surface area contributed by atoms with Crippen LogP contribution in [0.2, 0.25) is 0 Å². The van der Waals surface area contributed by atoms with Gasteiger partial charge in [-0.2, -0.15) is 5.10 Å². The predicted octanol–water partition coefficient (Wildman–Crippen LogP) is 3.83. The molecule has 33 heavy (non-hydrogen) atoms. The lowest BCUT2D eigenvalue weighted by molar-refractivity contribution is 0.368. The Morgan fingerprint density at radius 1 is 0.970 bits per heavy atom. The second-order valence-electron chi connectivity index (χ2n) is 7.03. The summed E-state index contributed by atoms with van der Waals surface area (Å²) in [4.78, 5) is 4.79. The number of nitrogens with zero attached hydrogens (tertiary/aromatic N) is 3. The Balaban J connectivity index is 0.00000385. The summed E-state index contributed by atoms with van der Waals surface area (Å²) in [5, 5.41) is 11.0. The first kappa shape index (κ1) is 26.3. The van der Waals surface area contributed by atoms with Gasteiger partial charge in [-0.3, -0.25) is 4.68 Å². The molecule has 0 spiro atoms. The van der Waals surface area contributed by atoms with Crippen LogP contribution >= 0.6 is 24.0 Å². The van der Waals surface area contributed by atoms with Crippen LogP contribution < -0.4 is 24.8 Å². The molecule has 1 heterocycles. The molecule has 0 unspecified atom stereocenters. The number of methoxy groups -OCH3 is 3. The number of guanidine groups is 1. The summed E-state index contributed by atoms with van der Waals surface area (Å²) in [6.45, 7) is 4.53. The van der Waals surface area contributed by atoms with Crippen molar-refractivity contribution in [2.45, 2.75) is 26.6 Å². The number of ether oxygens (including phenoxy) is 3. The number of hydrogen-bond acceptors (Lipinski definition) is 5. The van der Waals surface area contributed by atoms with Crippen LogP contribution in [0.3, 0.4) is 0 Å². The van der Waals surface area contributed by atoms with Gasteiger partial charge < -0.3 is 24.8 Å². The predicted molar refractivity (Wildman–Crippen MR) is 141 cm³/mol. The molecule has 0 fully saturated rings. The van der Waals surface area contributed by atoms with Crippen LogP contribution in [-0.2, 0) is 19.6 Å². The average Bonchev–Trinajstić information content (AvgIpc) is 3.34. The summed E-state index contributed by atoms with van der Waals surface area (Å²) in [6.07, 6.45) is 3.75. The van der Waals surface area contributed by atoms with Crippen molar-refractivity contribution in [3.05, 3.63) is 71.5 Å². The molecule has 0 aliphatic carbocycles. The van der Waals surface area contributed by atoms with Gasteiger partial charge in [0.05, 0.1) is 46.5 Å². The lowest BCUT2D eigenvalue weighted by Gasteiger charge is -2.17. The standard InChI is InChI=1S/C24H31N5O3.HI/c1-5-25-24(27-16-21-22(31-3)13-20(30-2)14-23(21)32-4)26-15-18-9-6-7-10-19(18)17-29-12-8-11-28-29;/h6-14H,5,15-17H2,1-4H3,(H2,25,26,27);1H. The van der Waals surface area contributed by atoms with E-state index in [4.69, 9.17) is 19.2 Å². The van der Waals surface area contributed by atoms with Crippen molar-refractivity contribution in [3.63, 3.8) is 0 Å². The Bertz CT molecular complexity index is 1000. The third kappa shape index (κ3) is 7.28. The summed E-state index contributed by atoms with van der Waals surface area (Å²) < 4.78 is 18.3. The van der Waals surface area contributed by atoms with Gasteiger partial charge in [0, 0.05) is 31.1 Å². The second-order valence-corrected chi connectivity index (χ2v) is 7.03. The van der Waals surface area contributed by atoms with Crippen LogP contribution in [-0.4, -0.2) is 43.6 Å². The summed E-state index contributed by atoms with van der Waals surface area (Å²) in [5.74, 6) is 2.77. The molecule has 178 valence electrons. The van der Waals surface area contributed by atoms with Crippen molar-refractivity contribution in [2.24, 2.45) is 4.99 Å². The van der Waals surface area contributed by atoms with E-state index >= 15 is 0 Å². The highest BCUT2D eigenvalue weighted by Crippen LogP contribution is 2.33. The summed E-state index contributed by atoms with van der Waals surface area (Å²) in [5.41, 5.74) is 3.23. The lowest BCUT2D eigenvalue weighted by atomic mass is 10.1. The van der Waals surface area contributed by atoms with Gasteiger partial charge in [0.2, 0.25) is 0 Å². The average molecular weight is 565 g/mol. The lowest BCUT2D eigenvalue weighted by Crippen LogP contribution is -2.37. The molecular formula is C24H32IN5O3. The molecule has 0 saturated carbocycles. The largest absolute Gasteiger partial charge is 0.496 e. The summed E-state index contributed by atoms with van der Waals surface area (Å²) in [7, 11) is 4.88. The van der Waals surface area contributed by atoms with E-state index in [-0.39, 0.29) is 24.0 Å². The minimum absolute atomic E-state index is 0. The third-order valence-electron chi connectivity index (χ3n) is 5.01. The minimum Gasteiger partial charge on any atom is -0.496 e. The van der Waals surface area contributed by atoms with E-state index in [1.165, 1.54) is 5.56 Å². The molecule has 3 rings (SSSR count). The number of aliphatic imine (C=N–C) groups is 1. The third-order valence-corrected chi connectivity index (χ3v) is 5.01. The van der Waals surface area contributed by atoms with Gasteiger partial charge in [-0.1, -0.05) is 24.3 Å². The van der Waals surface area contributed by atoms with E-state index in [1.54, 1.807) is 27.5 Å². The van der Waals surface area contributed by atoms with Crippen LogP contribution in [0.4, 0.5) is 0 Å². The van der Waals surface area contributed by atoms with Gasteiger partial charge in [-0.05, 0) is 24.1 Å². The molecule has 0 amide bonds. The molecular weight excluding hydrogens is 533 g/mol. The van der Waals surface area contributed by atoms with Gasteiger partial charge in [-0.25, -0.2) is 4.99 Å². The molecule has 8 nitrogen and oxygen atoms in total. The van der Waals surface area contributed by atoms with Crippen molar-refractivity contribution in [1.29, 1.82) is 0 Å². The molecule has 2 aromatic carbocycles. The van der Waals surface area contributed by atoms with Gasteiger partial charge >= 0.3 is 0 Å². The Kier molecular flexibility index (Phi) is 10.8. The number of nitrogens with one attached hydrogen (secondary N) is 2. The minimum atomic E-state index is 0. The molecule has 0 radical (unpaired) electrons. The number of benzene rings is 2. The Hall–Kier alpha value is -2.95. The molecule has 0 atom stereocenters. The van der Waals surface area contributed by atoms with Crippen LogP contribution in [0.1, 0.15) is 23.6 Å². The highest BCUT2D eigenvalue weighted by molar-refractivity contribution is 14.0. The zero-order valence-electron chi connectivity index (χ0n) is 19.5. The zero-order valence-corrected chi connectivity index (χ0v) is 21.8. The highest BCUT2D eigenvalue weighted by atomic mass is 127. The van der Waals surface area contributed by atoms with E-state index in [9.17, 15) is 0 Å². The summed E-state index contributed by atoms with van der Waals surface area (Å²) in [6, 6.07) is 13.9. The Morgan fingerprint density at radius 2 is 1.67 bits per heavy atom. The van der Waals surface area contributed by atoms with Crippen molar-refractivity contribution in [1.82, 2.24) is 20.4 Å². The van der Waals surface area contributed by atoms with Crippen molar-refractivity contribution < 1.29 is 14.2 Å². The number of hydrogen-bond donors (Lipinski definition) is 2. The Labute approximate surface area is 212 Å². The van der Waals surface area contributed by atoms with Crippen LogP contribution in [0.25, 0.3) is 0 Å². The van der Waals surface area contributed by atoms with Crippen LogP contribution in [0.15, 0.2) is 59.9 Å². The first-order chi connectivity index (χ1) is 15.7. The van der Waals surface area contributed by atoms with E-state index in [2.05, 4.69) is 27.9 Å². The van der Waals surface area contributed by atoms with Crippen LogP contribution in [0.5, 0.6) is 17.2 Å². The number of rotatable bonds is 10. The monoisotopic (exact) mass is 565 g/mol. The fourth-order valence-electron chi connectivity index (χ4n) is 3.36. The van der Waals surface area contributed by atoms with E-state index in [1.807, 2.05) is 48.1 Å². The normalized spacial score (nSPS) is 10.8. The van der Waals surface area contributed by atoms with Gasteiger partial charge in [0.1, 0.15) is 17.2 Å². The van der Waals surface area contributed by atoms with Crippen LogP contribution in [0, 0.1) is 0 Å². The van der Waals surface area contributed by atoms with Gasteiger partial charge in [0.15, 0.2) is 5.96 Å². The van der Waals surface area contributed by atoms with Crippen molar-refractivity contribution in [2.75, 3.05) is 27.9 Å². The van der Waals surface area contributed by atoms with Gasteiger partial charge in [0.25, 0.3) is 0 Å². The smallest absolute Gasteiger partial charge is 0.191 e. The van der Waals surface area contributed by atoms with Crippen molar-refractivity contribution >= 4 is 29.9 Å². The second kappa shape index (κ2) is 13.6. The Morgan fingerprint density at radius 3 is 2.24 bits per heavy atom. The zero-order chi connectivity index (χ0) is 22.8. The molecule has 0 bridgehead atoms. The first-order valence-electron chi connectivity index (χ1n) is 10.5. The fraction of sp³-hybridized carbons (Fsp3) is 0.333. The van der Waals surface area contributed by atoms with Gasteiger partial charge in [-0.15, -0.1) is 24.0 Å². The maximum Gasteiger partial charge on any atom is 0.191 e. The van der Waals surface area contributed by atoms with E-state index in [0.29, 0.717) is 42.8 Å². The maximum atomic E-state index is 5.55. The van der Waals surface area contributed by atoms with E-state index < -0.39 is 0 Å². The first-order valence-corrected chi connectivity index (χ1v) is 10.5.